The Balaban J connectivity index is 1.74. The van der Waals surface area contributed by atoms with Crippen molar-refractivity contribution < 1.29 is 8.42 Å². The molecule has 0 aromatic rings. The fourth-order valence-electron chi connectivity index (χ4n) is 3.51. The van der Waals surface area contributed by atoms with Crippen molar-refractivity contribution in [1.82, 2.24) is 10.2 Å². The predicted molar refractivity (Wildman–Crippen MR) is 79.1 cm³/mol. The molecule has 19 heavy (non-hydrogen) atoms. The van der Waals surface area contributed by atoms with E-state index >= 15 is 0 Å². The van der Waals surface area contributed by atoms with Gasteiger partial charge in [0, 0.05) is 31.4 Å². The van der Waals surface area contributed by atoms with E-state index in [2.05, 4.69) is 10.2 Å². The minimum atomic E-state index is -2.84. The number of nitrogens with one attached hydrogen (secondary N) is 1. The zero-order chi connectivity index (χ0) is 13.9. The average Bonchev–Trinajstić information content (AvgIpc) is 2.35. The van der Waals surface area contributed by atoms with E-state index in [4.69, 9.17) is 0 Å². The Labute approximate surface area is 117 Å². The molecule has 2 aliphatic rings. The summed E-state index contributed by atoms with van der Waals surface area (Å²) in [6, 6.07) is 1.26. The van der Waals surface area contributed by atoms with Crippen molar-refractivity contribution in [2.24, 2.45) is 5.92 Å². The molecule has 0 spiro atoms. The molecule has 2 fully saturated rings. The van der Waals surface area contributed by atoms with Crippen LogP contribution in [0.25, 0.3) is 0 Å². The molecule has 5 heteroatoms. The van der Waals surface area contributed by atoms with Crippen molar-refractivity contribution in [3.8, 4) is 0 Å². The van der Waals surface area contributed by atoms with Crippen molar-refractivity contribution in [2.45, 2.75) is 50.6 Å². The molecule has 1 saturated carbocycles. The van der Waals surface area contributed by atoms with Gasteiger partial charge in [-0.25, -0.2) is 8.42 Å². The second-order valence-electron chi connectivity index (χ2n) is 6.48. The van der Waals surface area contributed by atoms with Crippen molar-refractivity contribution >= 4 is 9.84 Å². The topological polar surface area (TPSA) is 49.4 Å². The minimum absolute atomic E-state index is 0.266. The second kappa shape index (κ2) is 6.55. The second-order valence-corrected chi connectivity index (χ2v) is 8.74. The van der Waals surface area contributed by atoms with Crippen molar-refractivity contribution in [3.63, 3.8) is 0 Å². The molecular weight excluding hydrogens is 260 g/mol. The van der Waals surface area contributed by atoms with Crippen LogP contribution in [-0.2, 0) is 9.84 Å². The van der Waals surface area contributed by atoms with Gasteiger partial charge in [-0.2, -0.15) is 0 Å². The van der Waals surface area contributed by atoms with E-state index in [1.165, 1.54) is 44.8 Å². The van der Waals surface area contributed by atoms with Gasteiger partial charge in [-0.05, 0) is 38.6 Å². The molecule has 3 atom stereocenters. The van der Waals surface area contributed by atoms with Gasteiger partial charge in [0.25, 0.3) is 0 Å². The third-order valence-corrected chi connectivity index (χ3v) is 5.54. The monoisotopic (exact) mass is 288 g/mol. The van der Waals surface area contributed by atoms with Crippen LogP contribution in [0, 0.1) is 5.92 Å². The third kappa shape index (κ3) is 5.04. The van der Waals surface area contributed by atoms with Gasteiger partial charge in [0.1, 0.15) is 9.84 Å². The summed E-state index contributed by atoms with van der Waals surface area (Å²) in [7, 11) is -0.814. The normalized spacial score (nSPS) is 32.3. The number of hydrogen-bond acceptors (Lipinski definition) is 4. The largest absolute Gasteiger partial charge is 0.310 e. The fraction of sp³-hybridized carbons (Fsp3) is 1.00. The van der Waals surface area contributed by atoms with E-state index in [9.17, 15) is 8.42 Å². The zero-order valence-corrected chi connectivity index (χ0v) is 13.1. The Hall–Kier alpha value is -0.130. The standard InChI is InChI=1S/C14H28N2O2S/c1-16(9-10-19(2,17)18)11-13-8-7-12-5-3-4-6-14(12)15-13/h12-15H,3-11H2,1-2H3. The van der Waals surface area contributed by atoms with E-state index in [1.807, 2.05) is 7.05 Å². The van der Waals surface area contributed by atoms with Crippen molar-refractivity contribution in [3.05, 3.63) is 0 Å². The summed E-state index contributed by atoms with van der Waals surface area (Å²) in [5, 5.41) is 3.79. The van der Waals surface area contributed by atoms with Gasteiger partial charge in [-0.1, -0.05) is 12.8 Å². The molecule has 0 bridgehead atoms. The smallest absolute Gasteiger partial charge is 0.148 e. The molecule has 0 aromatic heterocycles. The first-order chi connectivity index (χ1) is 8.94. The van der Waals surface area contributed by atoms with Gasteiger partial charge in [0.05, 0.1) is 5.75 Å². The maximum Gasteiger partial charge on any atom is 0.148 e. The Bertz CT molecular complexity index is 383. The number of nitrogens with zero attached hydrogens (tertiary/aromatic N) is 1. The summed E-state index contributed by atoms with van der Waals surface area (Å²) in [5.74, 6) is 1.16. The van der Waals surface area contributed by atoms with Crippen LogP contribution in [0.5, 0.6) is 0 Å². The van der Waals surface area contributed by atoms with Crippen LogP contribution in [0.4, 0.5) is 0 Å². The van der Waals surface area contributed by atoms with Crippen molar-refractivity contribution in [2.75, 3.05) is 32.1 Å². The highest BCUT2D eigenvalue weighted by molar-refractivity contribution is 7.90. The summed E-state index contributed by atoms with van der Waals surface area (Å²) in [6.45, 7) is 1.61. The number of fused-ring (bicyclic) bond motifs is 1. The van der Waals surface area contributed by atoms with Gasteiger partial charge in [0.2, 0.25) is 0 Å². The lowest BCUT2D eigenvalue weighted by Gasteiger charge is -2.41. The summed E-state index contributed by atoms with van der Waals surface area (Å²) in [5.41, 5.74) is 0. The molecule has 1 N–H and O–H groups in total. The summed E-state index contributed by atoms with van der Waals surface area (Å²) in [4.78, 5) is 2.15. The first-order valence-electron chi connectivity index (χ1n) is 7.56. The van der Waals surface area contributed by atoms with Gasteiger partial charge in [-0.3, -0.25) is 0 Å². The fourth-order valence-corrected chi connectivity index (χ4v) is 4.15. The molecule has 1 saturated heterocycles. The molecule has 1 aliphatic heterocycles. The first kappa shape index (κ1) is 15.3. The number of rotatable bonds is 5. The Morgan fingerprint density at radius 2 is 1.89 bits per heavy atom. The highest BCUT2D eigenvalue weighted by Crippen LogP contribution is 2.32. The maximum atomic E-state index is 11.2. The van der Waals surface area contributed by atoms with E-state index in [0.717, 1.165) is 18.5 Å². The molecule has 1 heterocycles. The Morgan fingerprint density at radius 1 is 1.16 bits per heavy atom. The molecule has 4 nitrogen and oxygen atoms in total. The molecule has 0 radical (unpaired) electrons. The summed E-state index contributed by atoms with van der Waals surface area (Å²) in [6.07, 6.45) is 9.40. The Morgan fingerprint density at radius 3 is 2.63 bits per heavy atom. The summed E-state index contributed by atoms with van der Waals surface area (Å²) >= 11 is 0. The lowest BCUT2D eigenvalue weighted by molar-refractivity contribution is 0.154. The van der Waals surface area contributed by atoms with Gasteiger partial charge >= 0.3 is 0 Å². The molecule has 2 rings (SSSR count). The number of piperidine rings is 1. The van der Waals surface area contributed by atoms with E-state index in [-0.39, 0.29) is 5.75 Å². The Kier molecular flexibility index (Phi) is 5.26. The van der Waals surface area contributed by atoms with Gasteiger partial charge in [-0.15, -0.1) is 0 Å². The van der Waals surface area contributed by atoms with E-state index in [1.54, 1.807) is 0 Å². The van der Waals surface area contributed by atoms with Crippen LogP contribution in [0.1, 0.15) is 38.5 Å². The SMILES string of the molecule is CN(CCS(C)(=O)=O)CC1CCC2CCCCC2N1. The maximum absolute atomic E-state index is 11.2. The average molecular weight is 288 g/mol. The van der Waals surface area contributed by atoms with Gasteiger partial charge < -0.3 is 10.2 Å². The number of hydrogen-bond donors (Lipinski definition) is 1. The molecule has 1 aliphatic carbocycles. The van der Waals surface area contributed by atoms with Crippen LogP contribution in [0.3, 0.4) is 0 Å². The van der Waals surface area contributed by atoms with Crippen LogP contribution >= 0.6 is 0 Å². The molecule has 3 unspecified atom stereocenters. The lowest BCUT2D eigenvalue weighted by atomic mass is 9.78. The third-order valence-electron chi connectivity index (χ3n) is 4.62. The molecular formula is C14H28N2O2S. The van der Waals surface area contributed by atoms with Crippen LogP contribution < -0.4 is 5.32 Å². The summed E-state index contributed by atoms with van der Waals surface area (Å²) < 4.78 is 22.3. The highest BCUT2D eigenvalue weighted by atomic mass is 32.2. The van der Waals surface area contributed by atoms with E-state index < -0.39 is 9.84 Å². The van der Waals surface area contributed by atoms with Crippen LogP contribution in [-0.4, -0.2) is 57.5 Å². The zero-order valence-electron chi connectivity index (χ0n) is 12.3. The number of sulfone groups is 1. The molecule has 0 amide bonds. The highest BCUT2D eigenvalue weighted by Gasteiger charge is 2.31. The minimum Gasteiger partial charge on any atom is -0.310 e. The predicted octanol–water partition coefficient (Wildman–Crippen LogP) is 1.27. The molecule has 0 aromatic carbocycles. The van der Waals surface area contributed by atoms with Crippen molar-refractivity contribution in [1.29, 1.82) is 0 Å². The lowest BCUT2D eigenvalue weighted by Crippen LogP contribution is -2.52. The quantitative estimate of drug-likeness (QED) is 0.828. The van der Waals surface area contributed by atoms with E-state index in [0.29, 0.717) is 12.6 Å². The van der Waals surface area contributed by atoms with Crippen LogP contribution in [0.2, 0.25) is 0 Å². The number of likely N-dealkylation sites (N-methyl/N-ethyl adjacent to an activating group) is 1. The van der Waals surface area contributed by atoms with Gasteiger partial charge in [0.15, 0.2) is 0 Å². The van der Waals surface area contributed by atoms with Crippen LogP contribution in [0.15, 0.2) is 0 Å². The first-order valence-corrected chi connectivity index (χ1v) is 9.62. The molecule has 112 valence electrons.